The zero-order valence-corrected chi connectivity index (χ0v) is 52.9. The van der Waals surface area contributed by atoms with Crippen LogP contribution in [-0.2, 0) is 0 Å². The summed E-state index contributed by atoms with van der Waals surface area (Å²) in [5, 5.41) is 10.0. The molecule has 0 amide bonds. The van der Waals surface area contributed by atoms with Crippen LogP contribution in [0.3, 0.4) is 0 Å². The van der Waals surface area contributed by atoms with Crippen LogP contribution in [0.15, 0.2) is 247 Å². The molecule has 2 heteroatoms. The zero-order valence-electron chi connectivity index (χ0n) is 52.9. The Morgan fingerprint density at radius 2 is 0.571 bits per heavy atom. The molecule has 15 rings (SSSR count). The summed E-state index contributed by atoms with van der Waals surface area (Å²) in [6.07, 6.45) is 33.5. The van der Waals surface area contributed by atoms with Gasteiger partial charge in [-0.25, -0.2) is 0 Å². The lowest BCUT2D eigenvalue weighted by Crippen LogP contribution is -2.11. The fraction of sp³-hybridized carbons (Fsp3) is 0.191. The Labute approximate surface area is 538 Å². The van der Waals surface area contributed by atoms with E-state index < -0.39 is 0 Å². The SMILES string of the molecule is Cc1ccc(N(c2ccc(C=Cc3ccc(C=C4CCCCC4)cc3)cc2)c2ccc3c4cccc5c(N(c6ccc(C)cc6)c6ccc(C=C(c7ccc(C=C8CCCCC8)cc7)c7ccc(C=C8CCCCC8)cc7)cc6)ccc(c6cccc2c63)c54)cc1. The van der Waals surface area contributed by atoms with Crippen LogP contribution in [-0.4, -0.2) is 0 Å². The van der Waals surface area contributed by atoms with Crippen LogP contribution < -0.4 is 9.80 Å². The molecule has 3 saturated carbocycles. The first-order valence-corrected chi connectivity index (χ1v) is 33.7. The van der Waals surface area contributed by atoms with Crippen molar-refractivity contribution >= 4 is 119 Å². The Bertz CT molecular complexity index is 4610. The first-order valence-electron chi connectivity index (χ1n) is 33.7. The van der Waals surface area contributed by atoms with E-state index in [0.29, 0.717) is 0 Å². The predicted molar refractivity (Wildman–Crippen MR) is 395 cm³/mol. The van der Waals surface area contributed by atoms with E-state index in [2.05, 4.69) is 291 Å². The number of hydrogen-bond acceptors (Lipinski definition) is 2. The first-order chi connectivity index (χ1) is 44.9. The Balaban J connectivity index is 0.782. The van der Waals surface area contributed by atoms with Crippen molar-refractivity contribution in [2.24, 2.45) is 0 Å². The lowest BCUT2D eigenvalue weighted by molar-refractivity contribution is 0.602. The Kier molecular flexibility index (Phi) is 16.5. The van der Waals surface area contributed by atoms with Gasteiger partial charge in [0, 0.05) is 33.5 Å². The third-order valence-electron chi connectivity index (χ3n) is 19.7. The average molecular weight is 1180 g/mol. The van der Waals surface area contributed by atoms with Crippen LogP contribution >= 0.6 is 0 Å². The minimum Gasteiger partial charge on any atom is -0.310 e. The number of benzene rings is 12. The molecule has 0 bridgehead atoms. The minimum atomic E-state index is 1.11. The molecule has 0 aliphatic heterocycles. The smallest absolute Gasteiger partial charge is 0.0540 e. The van der Waals surface area contributed by atoms with Crippen molar-refractivity contribution in [3.05, 3.63) is 303 Å². The van der Waals surface area contributed by atoms with Gasteiger partial charge in [-0.1, -0.05) is 247 Å². The van der Waals surface area contributed by atoms with Crippen LogP contribution in [0.25, 0.3) is 85.1 Å². The molecule has 446 valence electrons. The maximum Gasteiger partial charge on any atom is 0.0540 e. The Hall–Kier alpha value is -9.76. The molecule has 12 aromatic carbocycles. The van der Waals surface area contributed by atoms with Gasteiger partial charge in [-0.05, 0) is 240 Å². The minimum absolute atomic E-state index is 1.11. The normalized spacial score (nSPS) is 14.6. The fourth-order valence-corrected chi connectivity index (χ4v) is 14.8. The van der Waals surface area contributed by atoms with Gasteiger partial charge in [0.2, 0.25) is 0 Å². The molecule has 0 N–H and O–H groups in total. The summed E-state index contributed by atoms with van der Waals surface area (Å²) in [6, 6.07) is 87.3. The van der Waals surface area contributed by atoms with Crippen molar-refractivity contribution in [2.45, 2.75) is 110 Å². The average Bonchev–Trinajstić information content (AvgIpc) is 0.715. The summed E-state index contributed by atoms with van der Waals surface area (Å²) >= 11 is 0. The number of hydrogen-bond donors (Lipinski definition) is 0. The van der Waals surface area contributed by atoms with Gasteiger partial charge in [-0.3, -0.25) is 0 Å². The van der Waals surface area contributed by atoms with Gasteiger partial charge in [0.05, 0.1) is 11.4 Å². The number of fused-ring (bicyclic) bond motifs is 2. The Morgan fingerprint density at radius 3 is 0.945 bits per heavy atom. The third-order valence-corrected chi connectivity index (χ3v) is 19.7. The quantitative estimate of drug-likeness (QED) is 0.0608. The highest BCUT2D eigenvalue weighted by Gasteiger charge is 2.23. The van der Waals surface area contributed by atoms with E-state index in [-0.39, 0.29) is 0 Å². The molecule has 0 spiro atoms. The summed E-state index contributed by atoms with van der Waals surface area (Å²) in [5.74, 6) is 0. The molecule has 0 aromatic heterocycles. The van der Waals surface area contributed by atoms with E-state index in [0.717, 1.165) is 39.7 Å². The van der Waals surface area contributed by atoms with E-state index in [1.807, 2.05) is 0 Å². The third kappa shape index (κ3) is 12.4. The van der Waals surface area contributed by atoms with E-state index >= 15 is 0 Å². The van der Waals surface area contributed by atoms with Crippen molar-refractivity contribution in [2.75, 3.05) is 9.80 Å². The van der Waals surface area contributed by atoms with Crippen LogP contribution in [0.5, 0.6) is 0 Å². The van der Waals surface area contributed by atoms with Gasteiger partial charge in [0.25, 0.3) is 0 Å². The van der Waals surface area contributed by atoms with Crippen molar-refractivity contribution in [3.63, 3.8) is 0 Å². The molecule has 12 aromatic rings. The molecular formula is C89H80N2. The highest BCUT2D eigenvalue weighted by Crippen LogP contribution is 2.49. The molecule has 0 radical (unpaired) electrons. The van der Waals surface area contributed by atoms with Crippen LogP contribution in [0.4, 0.5) is 34.1 Å². The van der Waals surface area contributed by atoms with Crippen LogP contribution in [0.1, 0.15) is 152 Å². The highest BCUT2D eigenvalue weighted by atomic mass is 15.1. The monoisotopic (exact) mass is 1180 g/mol. The molecule has 3 fully saturated rings. The zero-order chi connectivity index (χ0) is 61.0. The first kappa shape index (κ1) is 57.7. The van der Waals surface area contributed by atoms with Crippen molar-refractivity contribution < 1.29 is 0 Å². The van der Waals surface area contributed by atoms with Gasteiger partial charge in [-0.2, -0.15) is 0 Å². The standard InChI is InChI=1S/C89H80N2/c1-62-24-46-75(47-25-62)90(77-50-38-65(39-51-77)29-28-64-30-32-69(33-31-64)58-66-14-6-3-7-15-66)86-56-54-81-80-21-13-23-84-87(57-55-82(89(80)84)79-20-12-22-83(86)88(79)81)91(76-48-26-63(2)27-49-76)78-52-40-72(41-53-78)61-85(73-42-34-70(35-43-73)59-67-16-8-4-9-17-67)74-44-36-71(37-45-74)60-68-18-10-5-11-19-68/h12-13,20-61H,3-11,14-19H2,1-2H3. The maximum atomic E-state index is 2.46. The van der Waals surface area contributed by atoms with Gasteiger partial charge >= 0.3 is 0 Å². The van der Waals surface area contributed by atoms with Gasteiger partial charge in [-0.15, -0.1) is 0 Å². The fourth-order valence-electron chi connectivity index (χ4n) is 14.8. The van der Waals surface area contributed by atoms with Crippen molar-refractivity contribution in [1.29, 1.82) is 0 Å². The van der Waals surface area contributed by atoms with Crippen LogP contribution in [0.2, 0.25) is 0 Å². The molecule has 2 nitrogen and oxygen atoms in total. The molecule has 3 aliphatic carbocycles. The van der Waals surface area contributed by atoms with E-state index in [1.54, 1.807) is 16.7 Å². The lowest BCUT2D eigenvalue weighted by atomic mass is 9.88. The van der Waals surface area contributed by atoms with Gasteiger partial charge < -0.3 is 9.80 Å². The summed E-state index contributed by atoms with van der Waals surface area (Å²) in [7, 11) is 0. The number of anilines is 6. The molecule has 91 heavy (non-hydrogen) atoms. The second-order valence-corrected chi connectivity index (χ2v) is 26.1. The summed E-state index contributed by atoms with van der Waals surface area (Å²) in [5.41, 5.74) is 25.1. The van der Waals surface area contributed by atoms with Crippen molar-refractivity contribution in [1.82, 2.24) is 0 Å². The largest absolute Gasteiger partial charge is 0.310 e. The molecule has 3 aliphatic rings. The summed E-state index contributed by atoms with van der Waals surface area (Å²) in [6.45, 7) is 4.34. The lowest BCUT2D eigenvalue weighted by Gasteiger charge is -2.29. The number of aryl methyl sites for hydroxylation is 2. The molecule has 0 atom stereocenters. The predicted octanol–water partition coefficient (Wildman–Crippen LogP) is 26.1. The van der Waals surface area contributed by atoms with Crippen LogP contribution in [0, 0.1) is 13.8 Å². The molecule has 0 saturated heterocycles. The van der Waals surface area contributed by atoms with E-state index in [4.69, 9.17) is 0 Å². The number of rotatable bonds is 14. The summed E-state index contributed by atoms with van der Waals surface area (Å²) in [4.78, 5) is 4.90. The summed E-state index contributed by atoms with van der Waals surface area (Å²) < 4.78 is 0. The van der Waals surface area contributed by atoms with Gasteiger partial charge in [0.15, 0.2) is 0 Å². The second-order valence-electron chi connectivity index (χ2n) is 26.1. The van der Waals surface area contributed by atoms with Crippen molar-refractivity contribution in [3.8, 4) is 0 Å². The molecule has 0 heterocycles. The Morgan fingerprint density at radius 1 is 0.275 bits per heavy atom. The molecule has 0 unspecified atom stereocenters. The second kappa shape index (κ2) is 26.0. The number of nitrogens with zero attached hydrogens (tertiary/aromatic N) is 2. The highest BCUT2D eigenvalue weighted by molar-refractivity contribution is 6.35. The maximum absolute atomic E-state index is 2.46. The van der Waals surface area contributed by atoms with E-state index in [1.165, 1.54) is 195 Å². The topological polar surface area (TPSA) is 6.48 Å². The number of allylic oxidation sites excluding steroid dienone is 3. The van der Waals surface area contributed by atoms with Gasteiger partial charge in [0.1, 0.15) is 0 Å². The van der Waals surface area contributed by atoms with E-state index in [9.17, 15) is 0 Å². The molecular weight excluding hydrogens is 1100 g/mol.